The molecule has 0 saturated heterocycles. The first-order chi connectivity index (χ1) is 7.65. The molecule has 1 aromatic carbocycles. The normalized spacial score (nSPS) is 7.94. The number of ether oxygens (including phenoxy) is 1. The summed E-state index contributed by atoms with van der Waals surface area (Å²) in [5, 5.41) is 0.625. The van der Waals surface area contributed by atoms with Crippen molar-refractivity contribution in [2.24, 2.45) is 0 Å². The van der Waals surface area contributed by atoms with Gasteiger partial charge in [-0.2, -0.15) is 0 Å². The quantitative estimate of drug-likeness (QED) is 0.681. The lowest BCUT2D eigenvalue weighted by Crippen LogP contribution is -2.03. The second-order valence-electron chi connectivity index (χ2n) is 2.45. The molecule has 0 bridgehead atoms. The number of methoxy groups -OCH3 is 1. The minimum atomic E-state index is -0.329. The number of benzene rings is 1. The molecule has 2 nitrogen and oxygen atoms in total. The summed E-state index contributed by atoms with van der Waals surface area (Å²) >= 11 is 5.71. The summed E-state index contributed by atoms with van der Waals surface area (Å²) in [5.74, 6) is -0.329. The number of halogens is 1. The van der Waals surface area contributed by atoms with E-state index < -0.39 is 0 Å². The monoisotopic (exact) mass is 244 g/mol. The molecule has 16 heavy (non-hydrogen) atoms. The molecule has 92 valence electrons. The van der Waals surface area contributed by atoms with Crippen molar-refractivity contribution in [2.75, 3.05) is 7.11 Å². The fraction of sp³-hybridized carbons (Fsp3) is 0.462. The summed E-state index contributed by atoms with van der Waals surface area (Å²) in [5.41, 5.74) is 1.39. The van der Waals surface area contributed by atoms with Crippen molar-refractivity contribution >= 4 is 17.6 Å². The van der Waals surface area contributed by atoms with Crippen molar-refractivity contribution in [3.63, 3.8) is 0 Å². The SMILES string of the molecule is CC.CC.COC(=O)c1ccc(Cl)cc1C. The zero-order valence-corrected chi connectivity index (χ0v) is 11.7. The number of hydrogen-bond acceptors (Lipinski definition) is 2. The van der Waals surface area contributed by atoms with Crippen LogP contribution in [0.5, 0.6) is 0 Å². The first-order valence-corrected chi connectivity index (χ1v) is 5.87. The average Bonchev–Trinajstić information content (AvgIpc) is 2.33. The molecule has 0 spiro atoms. The van der Waals surface area contributed by atoms with Crippen LogP contribution in [0.1, 0.15) is 43.6 Å². The third kappa shape index (κ3) is 5.76. The maximum atomic E-state index is 11.1. The minimum absolute atomic E-state index is 0.329. The highest BCUT2D eigenvalue weighted by molar-refractivity contribution is 6.30. The molecule has 0 N–H and O–H groups in total. The second-order valence-corrected chi connectivity index (χ2v) is 2.89. The highest BCUT2D eigenvalue weighted by Crippen LogP contribution is 2.15. The largest absolute Gasteiger partial charge is 0.465 e. The summed E-state index contributed by atoms with van der Waals surface area (Å²) in [6, 6.07) is 5.05. The third-order valence-electron chi connectivity index (χ3n) is 1.59. The molecule has 0 aromatic heterocycles. The molecular weight excluding hydrogens is 224 g/mol. The number of aryl methyl sites for hydroxylation is 1. The number of hydrogen-bond donors (Lipinski definition) is 0. The third-order valence-corrected chi connectivity index (χ3v) is 1.83. The van der Waals surface area contributed by atoms with E-state index in [1.165, 1.54) is 7.11 Å². The molecule has 0 aliphatic carbocycles. The molecule has 0 radical (unpaired) electrons. The van der Waals surface area contributed by atoms with E-state index in [0.717, 1.165) is 5.56 Å². The Hall–Kier alpha value is -1.02. The summed E-state index contributed by atoms with van der Waals surface area (Å²) < 4.78 is 4.57. The van der Waals surface area contributed by atoms with Crippen molar-refractivity contribution in [3.05, 3.63) is 34.3 Å². The highest BCUT2D eigenvalue weighted by Gasteiger charge is 2.07. The molecule has 1 rings (SSSR count). The topological polar surface area (TPSA) is 26.3 Å². The molecule has 0 fully saturated rings. The van der Waals surface area contributed by atoms with Gasteiger partial charge in [-0.1, -0.05) is 39.3 Å². The minimum Gasteiger partial charge on any atom is -0.465 e. The first kappa shape index (κ1) is 17.4. The van der Waals surface area contributed by atoms with Gasteiger partial charge in [-0.25, -0.2) is 4.79 Å². The van der Waals surface area contributed by atoms with Crippen LogP contribution in [-0.4, -0.2) is 13.1 Å². The van der Waals surface area contributed by atoms with Crippen LogP contribution in [0.3, 0.4) is 0 Å². The van der Waals surface area contributed by atoms with Crippen LogP contribution in [0.15, 0.2) is 18.2 Å². The van der Waals surface area contributed by atoms with Crippen molar-refractivity contribution in [3.8, 4) is 0 Å². The highest BCUT2D eigenvalue weighted by atomic mass is 35.5. The Labute approximate surface area is 104 Å². The van der Waals surface area contributed by atoms with Gasteiger partial charge in [0.05, 0.1) is 12.7 Å². The zero-order valence-electron chi connectivity index (χ0n) is 10.9. The van der Waals surface area contributed by atoms with Crippen LogP contribution in [0.4, 0.5) is 0 Å². The zero-order chi connectivity index (χ0) is 13.1. The molecule has 0 atom stereocenters. The lowest BCUT2D eigenvalue weighted by molar-refractivity contribution is 0.0600. The molecule has 0 heterocycles. The van der Waals surface area contributed by atoms with Gasteiger partial charge in [-0.15, -0.1) is 0 Å². The van der Waals surface area contributed by atoms with Crippen LogP contribution < -0.4 is 0 Å². The van der Waals surface area contributed by atoms with Gasteiger partial charge >= 0.3 is 5.97 Å². The molecule has 0 saturated carbocycles. The molecule has 1 aromatic rings. The standard InChI is InChI=1S/C9H9ClO2.2C2H6/c1-6-5-7(10)3-4-8(6)9(11)12-2;2*1-2/h3-5H,1-2H3;2*1-2H3. The van der Waals surface area contributed by atoms with E-state index in [1.54, 1.807) is 18.2 Å². The number of carbonyl (C=O) groups excluding carboxylic acids is 1. The second kappa shape index (κ2) is 10.5. The fourth-order valence-corrected chi connectivity index (χ4v) is 1.19. The van der Waals surface area contributed by atoms with Gasteiger partial charge in [-0.05, 0) is 30.7 Å². The van der Waals surface area contributed by atoms with Gasteiger partial charge in [0.1, 0.15) is 0 Å². The smallest absolute Gasteiger partial charge is 0.338 e. The molecule has 0 unspecified atom stereocenters. The van der Waals surface area contributed by atoms with Gasteiger partial charge in [0, 0.05) is 5.02 Å². The Morgan fingerprint density at radius 3 is 2.06 bits per heavy atom. The van der Waals surface area contributed by atoms with Gasteiger partial charge in [0.25, 0.3) is 0 Å². The van der Waals surface area contributed by atoms with E-state index in [-0.39, 0.29) is 5.97 Å². The number of carbonyl (C=O) groups is 1. The summed E-state index contributed by atoms with van der Waals surface area (Å²) in [6.45, 7) is 9.82. The van der Waals surface area contributed by atoms with E-state index in [1.807, 2.05) is 34.6 Å². The van der Waals surface area contributed by atoms with Gasteiger partial charge in [0.2, 0.25) is 0 Å². The van der Waals surface area contributed by atoms with Crippen LogP contribution in [0.2, 0.25) is 5.02 Å². The summed E-state index contributed by atoms with van der Waals surface area (Å²) in [4.78, 5) is 11.1. The molecule has 0 aliphatic rings. The fourth-order valence-electron chi connectivity index (χ4n) is 0.966. The van der Waals surface area contributed by atoms with Crippen molar-refractivity contribution in [2.45, 2.75) is 34.6 Å². The van der Waals surface area contributed by atoms with Gasteiger partial charge < -0.3 is 4.74 Å². The Morgan fingerprint density at radius 1 is 1.19 bits per heavy atom. The van der Waals surface area contributed by atoms with E-state index in [9.17, 15) is 4.79 Å². The van der Waals surface area contributed by atoms with E-state index in [2.05, 4.69) is 4.74 Å². The maximum Gasteiger partial charge on any atom is 0.338 e. The Kier molecular flexibility index (Phi) is 11.4. The molecule has 0 aliphatic heterocycles. The number of esters is 1. The molecule has 0 amide bonds. The Bertz CT molecular complexity index is 309. The van der Waals surface area contributed by atoms with Crippen LogP contribution in [0.25, 0.3) is 0 Å². The molecular formula is C13H21ClO2. The Morgan fingerprint density at radius 2 is 1.69 bits per heavy atom. The van der Waals surface area contributed by atoms with Gasteiger partial charge in [0.15, 0.2) is 0 Å². The summed E-state index contributed by atoms with van der Waals surface area (Å²) in [7, 11) is 1.36. The van der Waals surface area contributed by atoms with Crippen LogP contribution >= 0.6 is 11.6 Å². The van der Waals surface area contributed by atoms with E-state index in [0.29, 0.717) is 10.6 Å². The predicted molar refractivity (Wildman–Crippen MR) is 70.2 cm³/mol. The Balaban J connectivity index is 0. The van der Waals surface area contributed by atoms with Crippen LogP contribution in [0, 0.1) is 6.92 Å². The van der Waals surface area contributed by atoms with E-state index >= 15 is 0 Å². The molecule has 3 heteroatoms. The lowest BCUT2D eigenvalue weighted by Gasteiger charge is -2.02. The maximum absolute atomic E-state index is 11.1. The number of rotatable bonds is 1. The lowest BCUT2D eigenvalue weighted by atomic mass is 10.1. The first-order valence-electron chi connectivity index (χ1n) is 5.49. The van der Waals surface area contributed by atoms with E-state index in [4.69, 9.17) is 11.6 Å². The van der Waals surface area contributed by atoms with Crippen molar-refractivity contribution < 1.29 is 9.53 Å². The van der Waals surface area contributed by atoms with Crippen molar-refractivity contribution in [1.29, 1.82) is 0 Å². The van der Waals surface area contributed by atoms with Crippen LogP contribution in [-0.2, 0) is 4.74 Å². The van der Waals surface area contributed by atoms with Gasteiger partial charge in [-0.3, -0.25) is 0 Å². The summed E-state index contributed by atoms with van der Waals surface area (Å²) in [6.07, 6.45) is 0. The predicted octanol–water partition coefficient (Wildman–Crippen LogP) is 4.49. The van der Waals surface area contributed by atoms with Crippen molar-refractivity contribution in [1.82, 2.24) is 0 Å². The average molecular weight is 245 g/mol.